The number of hydrogen-bond acceptors (Lipinski definition) is 5. The molecule has 3 rings (SSSR count). The summed E-state index contributed by atoms with van der Waals surface area (Å²) in [6.45, 7) is 4.97. The van der Waals surface area contributed by atoms with Gasteiger partial charge in [-0.25, -0.2) is 4.79 Å². The first-order chi connectivity index (χ1) is 11.0. The molecule has 2 aliphatic rings. The van der Waals surface area contributed by atoms with Gasteiger partial charge in [-0.2, -0.15) is 0 Å². The van der Waals surface area contributed by atoms with Crippen molar-refractivity contribution in [3.63, 3.8) is 0 Å². The van der Waals surface area contributed by atoms with Gasteiger partial charge in [0, 0.05) is 13.0 Å². The van der Waals surface area contributed by atoms with Crippen LogP contribution in [-0.2, 0) is 16.0 Å². The lowest BCUT2D eigenvalue weighted by Gasteiger charge is -2.22. The lowest BCUT2D eigenvalue weighted by molar-refractivity contribution is -0.131. The van der Waals surface area contributed by atoms with E-state index in [1.807, 2.05) is 25.1 Å². The number of benzene rings is 1. The molecular weight excluding hydrogens is 300 g/mol. The standard InChI is InChI=1S/C16H20N2O5/c1-3-21-7-6-18-14(19)16(2,17-15(18)20)9-11-4-5-12-13(8-11)23-10-22-12/h4-5,8H,3,6-7,9-10H2,1-2H3,(H,17,20)/t16-/m1/s1. The van der Waals surface area contributed by atoms with E-state index in [0.717, 1.165) is 5.56 Å². The Morgan fingerprint density at radius 2 is 2.09 bits per heavy atom. The van der Waals surface area contributed by atoms with Crippen molar-refractivity contribution in [1.82, 2.24) is 10.2 Å². The van der Waals surface area contributed by atoms with Crippen molar-refractivity contribution in [3.8, 4) is 11.5 Å². The average Bonchev–Trinajstić information content (AvgIpc) is 3.05. The monoisotopic (exact) mass is 320 g/mol. The summed E-state index contributed by atoms with van der Waals surface area (Å²) in [6.07, 6.45) is 0.388. The first-order valence-electron chi connectivity index (χ1n) is 7.64. The van der Waals surface area contributed by atoms with Gasteiger partial charge in [-0.15, -0.1) is 0 Å². The van der Waals surface area contributed by atoms with Crippen molar-refractivity contribution in [2.24, 2.45) is 0 Å². The second kappa shape index (κ2) is 6.08. The lowest BCUT2D eigenvalue weighted by Crippen LogP contribution is -2.46. The van der Waals surface area contributed by atoms with Gasteiger partial charge in [0.25, 0.3) is 5.91 Å². The molecular formula is C16H20N2O5. The summed E-state index contributed by atoms with van der Waals surface area (Å²) in [5.41, 5.74) is -0.0613. The van der Waals surface area contributed by atoms with Crippen LogP contribution in [0.15, 0.2) is 18.2 Å². The number of carbonyl (C=O) groups is 2. The number of fused-ring (bicyclic) bond motifs is 1. The SMILES string of the molecule is CCOCCN1C(=O)N[C@](C)(Cc2ccc3c(c2)OCO3)C1=O. The summed E-state index contributed by atoms with van der Waals surface area (Å²) in [4.78, 5) is 25.9. The van der Waals surface area contributed by atoms with Gasteiger partial charge in [0.2, 0.25) is 6.79 Å². The van der Waals surface area contributed by atoms with Gasteiger partial charge in [-0.3, -0.25) is 9.69 Å². The molecule has 2 aliphatic heterocycles. The molecule has 23 heavy (non-hydrogen) atoms. The highest BCUT2D eigenvalue weighted by Crippen LogP contribution is 2.34. The van der Waals surface area contributed by atoms with E-state index in [0.29, 0.717) is 31.1 Å². The number of ether oxygens (including phenoxy) is 3. The summed E-state index contributed by atoms with van der Waals surface area (Å²) >= 11 is 0. The number of nitrogens with zero attached hydrogens (tertiary/aromatic N) is 1. The Bertz CT molecular complexity index is 633. The lowest BCUT2D eigenvalue weighted by atomic mass is 9.92. The summed E-state index contributed by atoms with van der Waals surface area (Å²) < 4.78 is 15.9. The van der Waals surface area contributed by atoms with E-state index in [1.54, 1.807) is 6.92 Å². The summed E-state index contributed by atoms with van der Waals surface area (Å²) in [6, 6.07) is 5.16. The number of carbonyl (C=O) groups excluding carboxylic acids is 2. The van der Waals surface area contributed by atoms with Crippen molar-refractivity contribution in [1.29, 1.82) is 0 Å². The predicted molar refractivity (Wildman–Crippen MR) is 81.4 cm³/mol. The van der Waals surface area contributed by atoms with E-state index in [9.17, 15) is 9.59 Å². The molecule has 1 N–H and O–H groups in total. The minimum absolute atomic E-state index is 0.205. The molecule has 0 aliphatic carbocycles. The molecule has 0 unspecified atom stereocenters. The van der Waals surface area contributed by atoms with Crippen LogP contribution in [0.2, 0.25) is 0 Å². The molecule has 1 fully saturated rings. The molecule has 3 amide bonds. The number of rotatable bonds is 6. The fraction of sp³-hybridized carbons (Fsp3) is 0.500. The van der Waals surface area contributed by atoms with E-state index < -0.39 is 5.54 Å². The van der Waals surface area contributed by atoms with E-state index in [1.165, 1.54) is 4.90 Å². The highest BCUT2D eigenvalue weighted by molar-refractivity contribution is 6.06. The maximum Gasteiger partial charge on any atom is 0.325 e. The van der Waals surface area contributed by atoms with Gasteiger partial charge in [-0.1, -0.05) is 6.07 Å². The van der Waals surface area contributed by atoms with Gasteiger partial charge in [-0.05, 0) is 31.5 Å². The molecule has 0 bridgehead atoms. The quantitative estimate of drug-likeness (QED) is 0.631. The molecule has 1 aromatic carbocycles. The van der Waals surface area contributed by atoms with Crippen LogP contribution in [0.4, 0.5) is 4.79 Å². The predicted octanol–water partition coefficient (Wildman–Crippen LogP) is 1.30. The van der Waals surface area contributed by atoms with Crippen molar-refractivity contribution < 1.29 is 23.8 Å². The van der Waals surface area contributed by atoms with E-state index >= 15 is 0 Å². The first-order valence-corrected chi connectivity index (χ1v) is 7.64. The summed E-state index contributed by atoms with van der Waals surface area (Å²) in [5, 5.41) is 2.78. The fourth-order valence-electron chi connectivity index (χ4n) is 2.83. The molecule has 1 saturated heterocycles. The zero-order valence-corrected chi connectivity index (χ0v) is 13.3. The normalized spacial score (nSPS) is 22.6. The first kappa shape index (κ1) is 15.6. The smallest absolute Gasteiger partial charge is 0.325 e. The van der Waals surface area contributed by atoms with Crippen LogP contribution in [0.25, 0.3) is 0 Å². The number of amides is 3. The molecule has 1 aromatic rings. The third kappa shape index (κ3) is 2.96. The van der Waals surface area contributed by atoms with Crippen molar-refractivity contribution in [2.75, 3.05) is 26.6 Å². The molecule has 0 spiro atoms. The molecule has 7 heteroatoms. The zero-order chi connectivity index (χ0) is 16.4. The van der Waals surface area contributed by atoms with E-state index in [4.69, 9.17) is 14.2 Å². The Hall–Kier alpha value is -2.28. The number of hydrogen-bond donors (Lipinski definition) is 1. The minimum atomic E-state index is -0.961. The van der Waals surface area contributed by atoms with Gasteiger partial charge < -0.3 is 19.5 Å². The van der Waals surface area contributed by atoms with Crippen molar-refractivity contribution in [3.05, 3.63) is 23.8 Å². The summed E-state index contributed by atoms with van der Waals surface area (Å²) in [5.74, 6) is 1.12. The largest absolute Gasteiger partial charge is 0.454 e. The molecule has 0 radical (unpaired) electrons. The van der Waals surface area contributed by atoms with E-state index in [-0.39, 0.29) is 25.3 Å². The van der Waals surface area contributed by atoms with E-state index in [2.05, 4.69) is 5.32 Å². The van der Waals surface area contributed by atoms with Gasteiger partial charge in [0.15, 0.2) is 11.5 Å². The fourth-order valence-corrected chi connectivity index (χ4v) is 2.83. The third-order valence-electron chi connectivity index (χ3n) is 4.00. The van der Waals surface area contributed by atoms with Gasteiger partial charge in [0.05, 0.1) is 13.2 Å². The number of nitrogens with one attached hydrogen (secondary N) is 1. The molecule has 2 heterocycles. The Morgan fingerprint density at radius 3 is 2.87 bits per heavy atom. The van der Waals surface area contributed by atoms with Crippen LogP contribution in [0.5, 0.6) is 11.5 Å². The highest BCUT2D eigenvalue weighted by atomic mass is 16.7. The average molecular weight is 320 g/mol. The second-order valence-corrected chi connectivity index (χ2v) is 5.78. The Morgan fingerprint density at radius 1 is 1.30 bits per heavy atom. The van der Waals surface area contributed by atoms with Crippen LogP contribution in [0.1, 0.15) is 19.4 Å². The van der Waals surface area contributed by atoms with Gasteiger partial charge in [0.1, 0.15) is 5.54 Å². The maximum atomic E-state index is 12.6. The zero-order valence-electron chi connectivity index (χ0n) is 13.3. The molecule has 7 nitrogen and oxygen atoms in total. The summed E-state index contributed by atoms with van der Waals surface area (Å²) in [7, 11) is 0. The van der Waals surface area contributed by atoms with Crippen LogP contribution in [-0.4, -0.2) is 48.9 Å². The molecule has 1 atom stereocenters. The van der Waals surface area contributed by atoms with Crippen LogP contribution < -0.4 is 14.8 Å². The van der Waals surface area contributed by atoms with Crippen LogP contribution in [0.3, 0.4) is 0 Å². The Kier molecular flexibility index (Phi) is 4.12. The maximum absolute atomic E-state index is 12.6. The number of urea groups is 1. The van der Waals surface area contributed by atoms with Crippen LogP contribution >= 0.6 is 0 Å². The highest BCUT2D eigenvalue weighted by Gasteiger charge is 2.47. The molecule has 124 valence electrons. The number of imide groups is 1. The van der Waals surface area contributed by atoms with Crippen molar-refractivity contribution in [2.45, 2.75) is 25.8 Å². The van der Waals surface area contributed by atoms with Gasteiger partial charge >= 0.3 is 6.03 Å². The third-order valence-corrected chi connectivity index (χ3v) is 4.00. The molecule has 0 aromatic heterocycles. The van der Waals surface area contributed by atoms with Crippen LogP contribution in [0, 0.1) is 0 Å². The Labute approximate surface area is 134 Å². The minimum Gasteiger partial charge on any atom is -0.454 e. The second-order valence-electron chi connectivity index (χ2n) is 5.78. The topological polar surface area (TPSA) is 77.1 Å². The van der Waals surface area contributed by atoms with Crippen molar-refractivity contribution >= 4 is 11.9 Å². The molecule has 0 saturated carbocycles. The Balaban J connectivity index is 1.71.